The molecule has 2 saturated heterocycles. The molecule has 0 amide bonds. The summed E-state index contributed by atoms with van der Waals surface area (Å²) in [5, 5.41) is 7.56. The van der Waals surface area contributed by atoms with Crippen molar-refractivity contribution in [3.8, 4) is 0 Å². The quantitative estimate of drug-likeness (QED) is 0.777. The van der Waals surface area contributed by atoms with Gasteiger partial charge in [0.2, 0.25) is 0 Å². The first kappa shape index (κ1) is 12.9. The highest BCUT2D eigenvalue weighted by atomic mass is 15.2. The number of hydrogen-bond acceptors (Lipinski definition) is 3. The van der Waals surface area contributed by atoms with E-state index in [1.165, 1.54) is 77.7 Å². The SMILES string of the molecule is C1CNC(C2CCCC2NCCN2CCCC2)C1. The zero-order chi connectivity index (χ0) is 12.2. The van der Waals surface area contributed by atoms with Crippen LogP contribution < -0.4 is 10.6 Å². The molecule has 1 aliphatic carbocycles. The van der Waals surface area contributed by atoms with Crippen molar-refractivity contribution in [2.45, 2.75) is 57.0 Å². The third-order valence-corrected chi connectivity index (χ3v) is 5.22. The lowest BCUT2D eigenvalue weighted by Gasteiger charge is -2.27. The molecule has 3 fully saturated rings. The third-order valence-electron chi connectivity index (χ3n) is 5.22. The Morgan fingerprint density at radius 2 is 1.89 bits per heavy atom. The van der Waals surface area contributed by atoms with Gasteiger partial charge in [0.15, 0.2) is 0 Å². The molecular weight excluding hydrogens is 222 g/mol. The standard InChI is InChI=1S/C15H29N3/c1-2-11-18(10-1)12-9-17-14-6-3-5-13(14)15-7-4-8-16-15/h13-17H,1-12H2. The van der Waals surface area contributed by atoms with E-state index in [4.69, 9.17) is 0 Å². The van der Waals surface area contributed by atoms with Crippen molar-refractivity contribution < 1.29 is 0 Å². The molecule has 3 aliphatic rings. The monoisotopic (exact) mass is 251 g/mol. The highest BCUT2D eigenvalue weighted by Gasteiger charge is 2.34. The summed E-state index contributed by atoms with van der Waals surface area (Å²) in [4.78, 5) is 2.62. The van der Waals surface area contributed by atoms with Crippen LogP contribution in [0.4, 0.5) is 0 Å². The van der Waals surface area contributed by atoms with Gasteiger partial charge in [-0.05, 0) is 64.1 Å². The van der Waals surface area contributed by atoms with E-state index < -0.39 is 0 Å². The molecular formula is C15H29N3. The maximum Gasteiger partial charge on any atom is 0.0111 e. The van der Waals surface area contributed by atoms with Crippen LogP contribution >= 0.6 is 0 Å². The minimum absolute atomic E-state index is 0.795. The van der Waals surface area contributed by atoms with Gasteiger partial charge in [0.05, 0.1) is 0 Å². The van der Waals surface area contributed by atoms with Gasteiger partial charge in [0.25, 0.3) is 0 Å². The van der Waals surface area contributed by atoms with E-state index in [9.17, 15) is 0 Å². The second kappa shape index (κ2) is 6.36. The van der Waals surface area contributed by atoms with E-state index in [2.05, 4.69) is 15.5 Å². The van der Waals surface area contributed by atoms with Crippen molar-refractivity contribution in [3.05, 3.63) is 0 Å². The lowest BCUT2D eigenvalue weighted by molar-refractivity contribution is 0.290. The van der Waals surface area contributed by atoms with Crippen LogP contribution in [0.25, 0.3) is 0 Å². The Morgan fingerprint density at radius 3 is 2.67 bits per heavy atom. The van der Waals surface area contributed by atoms with Gasteiger partial charge < -0.3 is 15.5 Å². The van der Waals surface area contributed by atoms with Crippen LogP contribution in [0.1, 0.15) is 44.9 Å². The van der Waals surface area contributed by atoms with Gasteiger partial charge in [-0.2, -0.15) is 0 Å². The Bertz CT molecular complexity index is 244. The molecule has 18 heavy (non-hydrogen) atoms. The van der Waals surface area contributed by atoms with Gasteiger partial charge in [0.1, 0.15) is 0 Å². The van der Waals surface area contributed by atoms with Crippen molar-refractivity contribution in [1.82, 2.24) is 15.5 Å². The Labute approximate surface area is 112 Å². The van der Waals surface area contributed by atoms with Gasteiger partial charge in [-0.25, -0.2) is 0 Å². The van der Waals surface area contributed by atoms with Crippen molar-refractivity contribution in [2.24, 2.45) is 5.92 Å². The summed E-state index contributed by atoms with van der Waals surface area (Å²) in [6, 6.07) is 1.61. The van der Waals surface area contributed by atoms with Crippen LogP contribution in [-0.4, -0.2) is 49.7 Å². The predicted molar refractivity (Wildman–Crippen MR) is 75.8 cm³/mol. The smallest absolute Gasteiger partial charge is 0.0111 e. The highest BCUT2D eigenvalue weighted by molar-refractivity contribution is 4.93. The van der Waals surface area contributed by atoms with E-state index in [1.54, 1.807) is 0 Å². The van der Waals surface area contributed by atoms with Crippen LogP contribution in [0.2, 0.25) is 0 Å². The normalized spacial score (nSPS) is 37.7. The van der Waals surface area contributed by atoms with Gasteiger partial charge in [-0.15, -0.1) is 0 Å². The molecule has 2 aliphatic heterocycles. The molecule has 3 atom stereocenters. The largest absolute Gasteiger partial charge is 0.314 e. The first-order valence-electron chi connectivity index (χ1n) is 8.12. The molecule has 3 rings (SSSR count). The minimum Gasteiger partial charge on any atom is -0.314 e. The van der Waals surface area contributed by atoms with Crippen LogP contribution in [0, 0.1) is 5.92 Å². The molecule has 2 N–H and O–H groups in total. The van der Waals surface area contributed by atoms with Crippen molar-refractivity contribution in [2.75, 3.05) is 32.7 Å². The molecule has 0 aromatic rings. The fraction of sp³-hybridized carbons (Fsp3) is 1.00. The molecule has 3 nitrogen and oxygen atoms in total. The summed E-state index contributed by atoms with van der Waals surface area (Å²) < 4.78 is 0. The zero-order valence-electron chi connectivity index (χ0n) is 11.7. The van der Waals surface area contributed by atoms with Gasteiger partial charge in [-0.3, -0.25) is 0 Å². The Balaban J connectivity index is 1.40. The second-order valence-electron chi connectivity index (χ2n) is 6.41. The molecule has 3 heteroatoms. The first-order valence-corrected chi connectivity index (χ1v) is 8.12. The first-order chi connectivity index (χ1) is 8.93. The Hall–Kier alpha value is -0.120. The second-order valence-corrected chi connectivity index (χ2v) is 6.41. The summed E-state index contributed by atoms with van der Waals surface area (Å²) in [6.07, 6.45) is 9.92. The Morgan fingerprint density at radius 1 is 1.00 bits per heavy atom. The number of likely N-dealkylation sites (tertiary alicyclic amines) is 1. The van der Waals surface area contributed by atoms with E-state index in [0.717, 1.165) is 18.0 Å². The maximum atomic E-state index is 3.85. The zero-order valence-corrected chi connectivity index (χ0v) is 11.7. The molecule has 0 radical (unpaired) electrons. The molecule has 0 bridgehead atoms. The molecule has 0 spiro atoms. The molecule has 0 aromatic carbocycles. The summed E-state index contributed by atoms with van der Waals surface area (Å²) in [7, 11) is 0. The van der Waals surface area contributed by atoms with Crippen LogP contribution in [0.5, 0.6) is 0 Å². The molecule has 1 saturated carbocycles. The van der Waals surface area contributed by atoms with Gasteiger partial charge >= 0.3 is 0 Å². The van der Waals surface area contributed by atoms with Crippen LogP contribution in [-0.2, 0) is 0 Å². The fourth-order valence-electron chi connectivity index (χ4n) is 4.22. The van der Waals surface area contributed by atoms with Crippen molar-refractivity contribution in [3.63, 3.8) is 0 Å². The fourth-order valence-corrected chi connectivity index (χ4v) is 4.22. The molecule has 2 heterocycles. The Kier molecular flexibility index (Phi) is 4.55. The molecule has 0 aromatic heterocycles. The van der Waals surface area contributed by atoms with Crippen LogP contribution in [0.3, 0.4) is 0 Å². The van der Waals surface area contributed by atoms with Gasteiger partial charge in [0, 0.05) is 25.2 Å². The van der Waals surface area contributed by atoms with E-state index >= 15 is 0 Å². The van der Waals surface area contributed by atoms with Gasteiger partial charge in [-0.1, -0.05) is 6.42 Å². The summed E-state index contributed by atoms with van der Waals surface area (Å²) in [6.45, 7) is 6.39. The highest BCUT2D eigenvalue weighted by Crippen LogP contribution is 2.31. The number of nitrogens with zero attached hydrogens (tertiary/aromatic N) is 1. The lowest BCUT2D eigenvalue weighted by atomic mass is 9.93. The average Bonchev–Trinajstić information content (AvgIpc) is 3.12. The van der Waals surface area contributed by atoms with Crippen LogP contribution in [0.15, 0.2) is 0 Å². The summed E-state index contributed by atoms with van der Waals surface area (Å²) >= 11 is 0. The maximum absolute atomic E-state index is 3.85. The van der Waals surface area contributed by atoms with E-state index in [-0.39, 0.29) is 0 Å². The predicted octanol–water partition coefficient (Wildman–Crippen LogP) is 1.59. The minimum atomic E-state index is 0.795. The molecule has 3 unspecified atom stereocenters. The average molecular weight is 251 g/mol. The number of nitrogens with one attached hydrogen (secondary N) is 2. The molecule has 104 valence electrons. The lowest BCUT2D eigenvalue weighted by Crippen LogP contribution is -2.44. The summed E-state index contributed by atoms with van der Waals surface area (Å²) in [5.74, 6) is 0.908. The van der Waals surface area contributed by atoms with E-state index in [1.807, 2.05) is 0 Å². The number of rotatable bonds is 5. The summed E-state index contributed by atoms with van der Waals surface area (Å²) in [5.41, 5.74) is 0. The third kappa shape index (κ3) is 3.06. The van der Waals surface area contributed by atoms with Crippen molar-refractivity contribution in [1.29, 1.82) is 0 Å². The van der Waals surface area contributed by atoms with Crippen molar-refractivity contribution >= 4 is 0 Å². The topological polar surface area (TPSA) is 27.3 Å². The van der Waals surface area contributed by atoms with E-state index in [0.29, 0.717) is 0 Å². The number of hydrogen-bond donors (Lipinski definition) is 2.